The lowest BCUT2D eigenvalue weighted by atomic mass is 10.1. The zero-order valence-corrected chi connectivity index (χ0v) is 13.2. The number of fused-ring (bicyclic) bond motifs is 1. The van der Waals surface area contributed by atoms with Gasteiger partial charge in [-0.05, 0) is 41.9 Å². The van der Waals surface area contributed by atoms with Gasteiger partial charge in [-0.15, -0.1) is 0 Å². The van der Waals surface area contributed by atoms with Crippen LogP contribution in [-0.2, 0) is 9.84 Å². The Labute approximate surface area is 116 Å². The minimum Gasteiger partial charge on any atom is -0.483 e. The summed E-state index contributed by atoms with van der Waals surface area (Å²) in [5, 5.41) is 0. The zero-order chi connectivity index (χ0) is 13.7. The van der Waals surface area contributed by atoms with Crippen LogP contribution in [0.3, 0.4) is 0 Å². The average Bonchev–Trinajstić information content (AvgIpc) is 2.16. The van der Waals surface area contributed by atoms with Crippen LogP contribution in [0.25, 0.3) is 0 Å². The predicted molar refractivity (Wildman–Crippen MR) is 75.2 cm³/mol. The fourth-order valence-electron chi connectivity index (χ4n) is 2.12. The molecule has 0 saturated heterocycles. The Balaban J connectivity index is 2.63. The number of likely N-dealkylation sites (N-methyl/N-ethyl adjacent to an activating group) is 1. The Bertz CT molecular complexity index is 596. The van der Waals surface area contributed by atoms with Crippen molar-refractivity contribution in [2.45, 2.75) is 24.3 Å². The van der Waals surface area contributed by atoms with E-state index in [0.717, 1.165) is 5.69 Å². The number of hydrogen-bond donors (Lipinski definition) is 0. The second-order valence-electron chi connectivity index (χ2n) is 5.24. The van der Waals surface area contributed by atoms with Crippen LogP contribution in [0.15, 0.2) is 21.5 Å². The third-order valence-electron chi connectivity index (χ3n) is 2.83. The van der Waals surface area contributed by atoms with Gasteiger partial charge in [0, 0.05) is 13.3 Å². The number of anilines is 1. The summed E-state index contributed by atoms with van der Waals surface area (Å²) in [6.07, 6.45) is 1.20. The number of sulfone groups is 1. The van der Waals surface area contributed by atoms with E-state index in [1.54, 1.807) is 12.1 Å². The highest BCUT2D eigenvalue weighted by molar-refractivity contribution is 9.10. The molecule has 6 heteroatoms. The first-order valence-electron chi connectivity index (χ1n) is 5.54. The lowest BCUT2D eigenvalue weighted by molar-refractivity contribution is 0.106. The van der Waals surface area contributed by atoms with Crippen LogP contribution < -0.4 is 9.64 Å². The fourth-order valence-corrected chi connectivity index (χ4v) is 3.46. The van der Waals surface area contributed by atoms with Crippen molar-refractivity contribution in [3.05, 3.63) is 16.6 Å². The quantitative estimate of drug-likeness (QED) is 0.792. The summed E-state index contributed by atoms with van der Waals surface area (Å²) in [6, 6.07) is 3.24. The van der Waals surface area contributed by atoms with E-state index in [9.17, 15) is 8.42 Å². The largest absolute Gasteiger partial charge is 0.483 e. The topological polar surface area (TPSA) is 46.6 Å². The van der Waals surface area contributed by atoms with Gasteiger partial charge in [-0.2, -0.15) is 0 Å². The molecule has 18 heavy (non-hydrogen) atoms. The SMILES string of the molecule is CN1CC(C)(C)Oc2c(Br)cc(S(C)(=O)=O)cc21. The highest BCUT2D eigenvalue weighted by Crippen LogP contribution is 2.43. The van der Waals surface area contributed by atoms with E-state index in [0.29, 0.717) is 21.7 Å². The lowest BCUT2D eigenvalue weighted by Crippen LogP contribution is -2.45. The molecule has 0 aliphatic carbocycles. The van der Waals surface area contributed by atoms with E-state index >= 15 is 0 Å². The van der Waals surface area contributed by atoms with E-state index in [4.69, 9.17) is 4.74 Å². The number of hydrogen-bond acceptors (Lipinski definition) is 4. The Kier molecular flexibility index (Phi) is 3.14. The van der Waals surface area contributed by atoms with Gasteiger partial charge in [-0.25, -0.2) is 8.42 Å². The van der Waals surface area contributed by atoms with Crippen molar-refractivity contribution in [1.82, 2.24) is 0 Å². The van der Waals surface area contributed by atoms with Crippen LogP contribution >= 0.6 is 15.9 Å². The number of benzene rings is 1. The maximum atomic E-state index is 11.6. The molecule has 0 saturated carbocycles. The number of ether oxygens (including phenoxy) is 1. The first kappa shape index (κ1) is 13.7. The molecule has 0 amide bonds. The van der Waals surface area contributed by atoms with Crippen molar-refractivity contribution in [2.75, 3.05) is 24.7 Å². The number of rotatable bonds is 1. The van der Waals surface area contributed by atoms with E-state index in [1.165, 1.54) is 6.26 Å². The minimum atomic E-state index is -3.22. The van der Waals surface area contributed by atoms with Gasteiger partial charge < -0.3 is 9.64 Å². The molecule has 0 unspecified atom stereocenters. The smallest absolute Gasteiger partial charge is 0.175 e. The molecular formula is C12H16BrNO3S. The Hall–Kier alpha value is -0.750. The molecule has 1 aliphatic rings. The van der Waals surface area contributed by atoms with Gasteiger partial charge in [0.05, 0.1) is 21.6 Å². The summed E-state index contributed by atoms with van der Waals surface area (Å²) in [7, 11) is -1.29. The molecule has 0 N–H and O–H groups in total. The molecule has 0 radical (unpaired) electrons. The molecule has 1 heterocycles. The predicted octanol–water partition coefficient (Wildman–Crippen LogP) is 2.46. The highest BCUT2D eigenvalue weighted by Gasteiger charge is 2.32. The third kappa shape index (κ3) is 2.49. The summed E-state index contributed by atoms with van der Waals surface area (Å²) in [4.78, 5) is 2.31. The van der Waals surface area contributed by atoms with Crippen LogP contribution in [0.4, 0.5) is 5.69 Å². The van der Waals surface area contributed by atoms with Crippen molar-refractivity contribution in [2.24, 2.45) is 0 Å². The summed E-state index contributed by atoms with van der Waals surface area (Å²) in [5.74, 6) is 0.696. The van der Waals surface area contributed by atoms with Crippen molar-refractivity contribution in [3.8, 4) is 5.75 Å². The van der Waals surface area contributed by atoms with Crippen molar-refractivity contribution in [3.63, 3.8) is 0 Å². The van der Waals surface area contributed by atoms with Crippen molar-refractivity contribution in [1.29, 1.82) is 0 Å². The van der Waals surface area contributed by atoms with Crippen molar-refractivity contribution >= 4 is 31.5 Å². The second-order valence-corrected chi connectivity index (χ2v) is 8.11. The van der Waals surface area contributed by atoms with E-state index in [1.807, 2.05) is 25.8 Å². The van der Waals surface area contributed by atoms with E-state index < -0.39 is 9.84 Å². The maximum absolute atomic E-state index is 11.6. The molecule has 100 valence electrons. The monoisotopic (exact) mass is 333 g/mol. The fraction of sp³-hybridized carbons (Fsp3) is 0.500. The Morgan fingerprint density at radius 1 is 1.39 bits per heavy atom. The molecule has 1 aromatic rings. The van der Waals surface area contributed by atoms with Gasteiger partial charge in [0.25, 0.3) is 0 Å². The van der Waals surface area contributed by atoms with Crippen LogP contribution in [0, 0.1) is 0 Å². The first-order valence-corrected chi connectivity index (χ1v) is 8.22. The second kappa shape index (κ2) is 4.13. The van der Waals surface area contributed by atoms with Crippen LogP contribution in [0.1, 0.15) is 13.8 Å². The molecule has 0 aromatic heterocycles. The summed E-state index contributed by atoms with van der Waals surface area (Å²) < 4.78 is 29.8. The maximum Gasteiger partial charge on any atom is 0.175 e. The molecule has 0 bridgehead atoms. The van der Waals surface area contributed by atoms with Gasteiger partial charge in [0.2, 0.25) is 0 Å². The molecule has 1 aliphatic heterocycles. The lowest BCUT2D eigenvalue weighted by Gasteiger charge is -2.39. The summed E-state index contributed by atoms with van der Waals surface area (Å²) in [5.41, 5.74) is 0.501. The van der Waals surface area contributed by atoms with Gasteiger partial charge in [-0.1, -0.05) is 0 Å². The van der Waals surface area contributed by atoms with E-state index in [2.05, 4.69) is 15.9 Å². The number of nitrogens with zero attached hydrogens (tertiary/aromatic N) is 1. The number of halogens is 1. The third-order valence-corrected chi connectivity index (χ3v) is 4.51. The normalized spacial score (nSPS) is 18.2. The van der Waals surface area contributed by atoms with Crippen LogP contribution in [-0.4, -0.2) is 33.9 Å². The Morgan fingerprint density at radius 2 is 2.00 bits per heavy atom. The standard InChI is InChI=1S/C12H16BrNO3S/c1-12(2)7-14(3)10-6-8(18(4,15)16)5-9(13)11(10)17-12/h5-6H,7H2,1-4H3. The van der Waals surface area contributed by atoms with E-state index in [-0.39, 0.29) is 5.60 Å². The van der Waals surface area contributed by atoms with Gasteiger partial charge in [-0.3, -0.25) is 0 Å². The van der Waals surface area contributed by atoms with Gasteiger partial charge >= 0.3 is 0 Å². The first-order chi connectivity index (χ1) is 8.10. The average molecular weight is 334 g/mol. The molecule has 4 nitrogen and oxygen atoms in total. The highest BCUT2D eigenvalue weighted by atomic mass is 79.9. The molecule has 0 atom stereocenters. The molecular weight excluding hydrogens is 318 g/mol. The van der Waals surface area contributed by atoms with Gasteiger partial charge in [0.1, 0.15) is 5.60 Å². The molecule has 0 fully saturated rings. The zero-order valence-electron chi connectivity index (χ0n) is 10.8. The summed E-state index contributed by atoms with van der Waals surface area (Å²) in [6.45, 7) is 4.71. The van der Waals surface area contributed by atoms with Gasteiger partial charge in [0.15, 0.2) is 15.6 Å². The van der Waals surface area contributed by atoms with Crippen LogP contribution in [0.5, 0.6) is 5.75 Å². The molecule has 0 spiro atoms. The van der Waals surface area contributed by atoms with Crippen LogP contribution in [0.2, 0.25) is 0 Å². The Morgan fingerprint density at radius 3 is 2.56 bits per heavy atom. The van der Waals surface area contributed by atoms with Crippen molar-refractivity contribution < 1.29 is 13.2 Å². The molecule has 1 aromatic carbocycles. The molecule has 2 rings (SSSR count). The summed E-state index contributed by atoms with van der Waals surface area (Å²) >= 11 is 3.39. The minimum absolute atomic E-state index is 0.295.